The monoisotopic (exact) mass is 225 g/mol. The molecule has 0 saturated carbocycles. The second kappa shape index (κ2) is 3.99. The van der Waals surface area contributed by atoms with Gasteiger partial charge < -0.3 is 5.73 Å². The molecule has 2 rings (SSSR count). The number of aromatic nitrogens is 1. The van der Waals surface area contributed by atoms with Crippen LogP contribution in [0.2, 0.25) is 0 Å². The van der Waals surface area contributed by atoms with E-state index in [1.807, 2.05) is 49.6 Å². The predicted molar refractivity (Wildman–Crippen MR) is 69.1 cm³/mol. The Hall–Kier alpha value is -2.21. The maximum Gasteiger partial charge on any atom is 0.126 e. The van der Waals surface area contributed by atoms with Gasteiger partial charge in [-0.05, 0) is 38.5 Å². The average molecular weight is 225 g/mol. The van der Waals surface area contributed by atoms with Crippen LogP contribution >= 0.6 is 0 Å². The molecule has 1 heterocycles. The smallest absolute Gasteiger partial charge is 0.126 e. The van der Waals surface area contributed by atoms with E-state index >= 15 is 0 Å². The molecule has 17 heavy (non-hydrogen) atoms. The highest BCUT2D eigenvalue weighted by molar-refractivity contribution is 5.62. The largest absolute Gasteiger partial charge is 0.384 e. The fourth-order valence-corrected chi connectivity index (χ4v) is 2.00. The topological polar surface area (TPSA) is 54.7 Å². The van der Waals surface area contributed by atoms with Gasteiger partial charge in [0.15, 0.2) is 0 Å². The van der Waals surface area contributed by atoms with Crippen molar-refractivity contribution in [3.8, 4) is 11.8 Å². The van der Waals surface area contributed by atoms with E-state index in [9.17, 15) is 0 Å². The molecular weight excluding hydrogens is 210 g/mol. The Labute approximate surface area is 101 Å². The predicted octanol–water partition coefficient (Wildman–Crippen LogP) is 2.86. The zero-order valence-electron chi connectivity index (χ0n) is 10.3. The lowest BCUT2D eigenvalue weighted by molar-refractivity contribution is 1.01. The van der Waals surface area contributed by atoms with Gasteiger partial charge in [-0.3, -0.25) is 4.57 Å². The lowest BCUT2D eigenvalue weighted by Gasteiger charge is -2.09. The maximum absolute atomic E-state index is 9.08. The second-order valence-electron chi connectivity index (χ2n) is 4.25. The fourth-order valence-electron chi connectivity index (χ4n) is 2.00. The van der Waals surface area contributed by atoms with E-state index in [1.54, 1.807) is 0 Å². The molecule has 0 saturated heterocycles. The highest BCUT2D eigenvalue weighted by Crippen LogP contribution is 2.27. The fraction of sp³-hybridized carbons (Fsp3) is 0.214. The molecule has 0 fully saturated rings. The van der Waals surface area contributed by atoms with E-state index in [4.69, 9.17) is 11.0 Å². The first-order valence-corrected chi connectivity index (χ1v) is 5.50. The van der Waals surface area contributed by atoms with Crippen LogP contribution in [0.1, 0.15) is 22.4 Å². The van der Waals surface area contributed by atoms with Crippen LogP contribution in [0, 0.1) is 32.1 Å². The lowest BCUT2D eigenvalue weighted by atomic mass is 10.2. The minimum absolute atomic E-state index is 0.520. The molecule has 0 amide bonds. The lowest BCUT2D eigenvalue weighted by Crippen LogP contribution is -2.02. The molecule has 2 aromatic rings. The van der Waals surface area contributed by atoms with Crippen molar-refractivity contribution in [3.63, 3.8) is 0 Å². The Morgan fingerprint density at radius 1 is 1.12 bits per heavy atom. The summed E-state index contributed by atoms with van der Waals surface area (Å²) in [6, 6.07) is 10.3. The van der Waals surface area contributed by atoms with Crippen LogP contribution in [-0.4, -0.2) is 4.57 Å². The first-order chi connectivity index (χ1) is 8.06. The van der Waals surface area contributed by atoms with Crippen LogP contribution in [0.5, 0.6) is 0 Å². The van der Waals surface area contributed by atoms with Crippen molar-refractivity contribution in [2.24, 2.45) is 0 Å². The Balaban J connectivity index is 2.69. The number of nitrogens with zero attached hydrogens (tertiary/aromatic N) is 2. The van der Waals surface area contributed by atoms with Crippen molar-refractivity contribution < 1.29 is 0 Å². The number of nitrogen functional groups attached to an aromatic ring is 1. The summed E-state index contributed by atoms with van der Waals surface area (Å²) in [6.45, 7) is 5.95. The van der Waals surface area contributed by atoms with Crippen molar-refractivity contribution in [2.75, 3.05) is 5.73 Å². The van der Waals surface area contributed by atoms with Crippen LogP contribution < -0.4 is 5.73 Å². The van der Waals surface area contributed by atoms with Gasteiger partial charge in [-0.25, -0.2) is 0 Å². The number of hydrogen-bond donors (Lipinski definition) is 1. The second-order valence-corrected chi connectivity index (χ2v) is 4.25. The van der Waals surface area contributed by atoms with Gasteiger partial charge in [0.2, 0.25) is 0 Å². The molecule has 3 heteroatoms. The minimum atomic E-state index is 0.520. The van der Waals surface area contributed by atoms with E-state index in [1.165, 1.54) is 5.56 Å². The summed E-state index contributed by atoms with van der Waals surface area (Å²) < 4.78 is 1.92. The van der Waals surface area contributed by atoms with Crippen molar-refractivity contribution in [2.45, 2.75) is 20.8 Å². The number of benzene rings is 1. The van der Waals surface area contributed by atoms with Crippen molar-refractivity contribution in [3.05, 3.63) is 46.6 Å². The van der Waals surface area contributed by atoms with Gasteiger partial charge in [0.1, 0.15) is 11.9 Å². The van der Waals surface area contributed by atoms with E-state index in [-0.39, 0.29) is 0 Å². The molecule has 0 unspecified atom stereocenters. The van der Waals surface area contributed by atoms with Crippen molar-refractivity contribution >= 4 is 5.82 Å². The van der Waals surface area contributed by atoms with Gasteiger partial charge in [-0.1, -0.05) is 17.7 Å². The SMILES string of the molecule is Cc1ccc(-n2c(C)c(C)c(C#N)c2N)cc1. The first kappa shape index (κ1) is 11.3. The third-order valence-electron chi connectivity index (χ3n) is 3.15. The molecule has 0 radical (unpaired) electrons. The molecule has 86 valence electrons. The van der Waals surface area contributed by atoms with Crippen LogP contribution in [0.4, 0.5) is 5.82 Å². The Morgan fingerprint density at radius 3 is 2.18 bits per heavy atom. The average Bonchev–Trinajstić information content (AvgIpc) is 2.52. The van der Waals surface area contributed by atoms with Gasteiger partial charge >= 0.3 is 0 Å². The standard InChI is InChI=1S/C14H15N3/c1-9-4-6-12(7-5-9)17-11(3)10(2)13(8-15)14(17)16/h4-7H,16H2,1-3H3. The van der Waals surface area contributed by atoms with Crippen LogP contribution in [0.15, 0.2) is 24.3 Å². The zero-order chi connectivity index (χ0) is 12.6. The normalized spacial score (nSPS) is 10.2. The van der Waals surface area contributed by atoms with Gasteiger partial charge in [0.25, 0.3) is 0 Å². The van der Waals surface area contributed by atoms with E-state index in [0.717, 1.165) is 16.9 Å². The third-order valence-corrected chi connectivity index (χ3v) is 3.15. The summed E-state index contributed by atoms with van der Waals surface area (Å²) in [7, 11) is 0. The number of rotatable bonds is 1. The van der Waals surface area contributed by atoms with Gasteiger partial charge in [-0.2, -0.15) is 5.26 Å². The Morgan fingerprint density at radius 2 is 1.71 bits per heavy atom. The van der Waals surface area contributed by atoms with E-state index in [0.29, 0.717) is 11.4 Å². The van der Waals surface area contributed by atoms with Crippen LogP contribution in [0.3, 0.4) is 0 Å². The molecule has 1 aromatic heterocycles. The first-order valence-electron chi connectivity index (χ1n) is 5.50. The number of nitrogens with two attached hydrogens (primary N) is 1. The molecule has 0 aliphatic heterocycles. The summed E-state index contributed by atoms with van der Waals surface area (Å²) >= 11 is 0. The molecule has 0 atom stereocenters. The molecule has 2 N–H and O–H groups in total. The number of hydrogen-bond acceptors (Lipinski definition) is 2. The summed E-state index contributed by atoms with van der Waals surface area (Å²) in [6.07, 6.45) is 0. The molecule has 3 nitrogen and oxygen atoms in total. The van der Waals surface area contributed by atoms with Crippen molar-refractivity contribution in [1.82, 2.24) is 4.57 Å². The van der Waals surface area contributed by atoms with Crippen LogP contribution in [0.25, 0.3) is 5.69 Å². The molecule has 0 aliphatic rings. The molecule has 0 bridgehead atoms. The molecule has 0 spiro atoms. The van der Waals surface area contributed by atoms with Crippen molar-refractivity contribution in [1.29, 1.82) is 5.26 Å². The van der Waals surface area contributed by atoms with Crippen LogP contribution in [-0.2, 0) is 0 Å². The molecular formula is C14H15N3. The Bertz CT molecular complexity index is 598. The quantitative estimate of drug-likeness (QED) is 0.811. The van der Waals surface area contributed by atoms with Gasteiger partial charge in [0.05, 0.1) is 5.56 Å². The molecule has 0 aliphatic carbocycles. The maximum atomic E-state index is 9.08. The summed E-state index contributed by atoms with van der Waals surface area (Å²) in [5.74, 6) is 0.520. The number of nitriles is 1. The highest BCUT2D eigenvalue weighted by atomic mass is 15.1. The summed E-state index contributed by atoms with van der Waals surface area (Å²) in [5, 5.41) is 9.08. The summed E-state index contributed by atoms with van der Waals surface area (Å²) in [5.41, 5.74) is 10.8. The number of anilines is 1. The summed E-state index contributed by atoms with van der Waals surface area (Å²) in [4.78, 5) is 0. The zero-order valence-corrected chi connectivity index (χ0v) is 10.3. The highest BCUT2D eigenvalue weighted by Gasteiger charge is 2.15. The third kappa shape index (κ3) is 1.68. The van der Waals surface area contributed by atoms with Gasteiger partial charge in [0, 0.05) is 11.4 Å². The van der Waals surface area contributed by atoms with E-state index in [2.05, 4.69) is 6.07 Å². The number of aryl methyl sites for hydroxylation is 1. The van der Waals surface area contributed by atoms with Gasteiger partial charge in [-0.15, -0.1) is 0 Å². The van der Waals surface area contributed by atoms with E-state index < -0.39 is 0 Å². The molecule has 1 aromatic carbocycles. The Kier molecular flexibility index (Phi) is 2.64. The minimum Gasteiger partial charge on any atom is -0.384 e.